The highest BCUT2D eigenvalue weighted by Crippen LogP contribution is 2.41. The third-order valence-corrected chi connectivity index (χ3v) is 7.44. The third-order valence-electron chi connectivity index (χ3n) is 6.51. The molecule has 1 aliphatic heterocycles. The molecule has 1 atom stereocenters. The highest BCUT2D eigenvalue weighted by atomic mass is 32.2. The van der Waals surface area contributed by atoms with E-state index in [-0.39, 0.29) is 17.8 Å². The summed E-state index contributed by atoms with van der Waals surface area (Å²) in [5.41, 5.74) is 1.76. The highest BCUT2D eigenvalue weighted by Gasteiger charge is 2.32. The molecule has 0 radical (unpaired) electrons. The van der Waals surface area contributed by atoms with Crippen LogP contribution in [0.1, 0.15) is 37.4 Å². The number of rotatable bonds is 7. The summed E-state index contributed by atoms with van der Waals surface area (Å²) in [5.74, 6) is 0.678. The molecule has 1 aliphatic carbocycles. The first kappa shape index (κ1) is 22.1. The molecule has 1 aromatic heterocycles. The van der Waals surface area contributed by atoms with Crippen molar-refractivity contribution in [3.05, 3.63) is 66.0 Å². The van der Waals surface area contributed by atoms with E-state index >= 15 is 0 Å². The Labute approximate surface area is 197 Å². The van der Waals surface area contributed by atoms with E-state index in [0.717, 1.165) is 39.0 Å². The lowest BCUT2D eigenvalue weighted by atomic mass is 10.1. The zero-order valence-corrected chi connectivity index (χ0v) is 19.5. The molecule has 172 valence electrons. The smallest absolute Gasteiger partial charge is 0.233 e. The van der Waals surface area contributed by atoms with E-state index in [9.17, 15) is 9.18 Å². The van der Waals surface area contributed by atoms with Crippen molar-refractivity contribution in [2.24, 2.45) is 0 Å². The van der Waals surface area contributed by atoms with Gasteiger partial charge < -0.3 is 4.90 Å². The fourth-order valence-electron chi connectivity index (χ4n) is 4.38. The zero-order valence-electron chi connectivity index (χ0n) is 18.7. The number of hydrogen-bond donors (Lipinski definition) is 0. The van der Waals surface area contributed by atoms with E-state index in [2.05, 4.69) is 46.3 Å². The van der Waals surface area contributed by atoms with Gasteiger partial charge in [0.2, 0.25) is 5.91 Å². The van der Waals surface area contributed by atoms with Crippen molar-refractivity contribution in [3.63, 3.8) is 0 Å². The normalized spacial score (nSPS) is 17.8. The van der Waals surface area contributed by atoms with Crippen molar-refractivity contribution in [1.82, 2.24) is 24.6 Å². The van der Waals surface area contributed by atoms with Crippen LogP contribution in [0, 0.1) is 5.82 Å². The van der Waals surface area contributed by atoms with Crippen LogP contribution in [0.4, 0.5) is 4.39 Å². The maximum absolute atomic E-state index is 14.3. The van der Waals surface area contributed by atoms with Gasteiger partial charge in [-0.2, -0.15) is 0 Å². The average Bonchev–Trinajstić information content (AvgIpc) is 3.62. The molecule has 2 aliphatic rings. The van der Waals surface area contributed by atoms with Crippen LogP contribution in [0.5, 0.6) is 0 Å². The minimum atomic E-state index is -0.304. The Morgan fingerprint density at radius 3 is 2.42 bits per heavy atom. The Balaban J connectivity index is 1.20. The molecule has 2 aromatic carbocycles. The molecule has 6 nitrogen and oxygen atoms in total. The van der Waals surface area contributed by atoms with Gasteiger partial charge in [-0.3, -0.25) is 14.3 Å². The van der Waals surface area contributed by atoms with Gasteiger partial charge in [0.05, 0.1) is 11.3 Å². The molecule has 1 unspecified atom stereocenters. The van der Waals surface area contributed by atoms with Crippen LogP contribution in [-0.2, 0) is 4.79 Å². The molecule has 2 heterocycles. The van der Waals surface area contributed by atoms with Gasteiger partial charge in [-0.25, -0.2) is 4.39 Å². The van der Waals surface area contributed by atoms with Crippen LogP contribution in [0.25, 0.3) is 11.4 Å². The first-order chi connectivity index (χ1) is 16.1. The quantitative estimate of drug-likeness (QED) is 0.484. The fraction of sp³-hybridized carbons (Fsp3) is 0.400. The number of aromatic nitrogens is 3. The minimum absolute atomic E-state index is 0.116. The van der Waals surface area contributed by atoms with E-state index in [0.29, 0.717) is 28.3 Å². The molecule has 8 heteroatoms. The summed E-state index contributed by atoms with van der Waals surface area (Å²) in [6.07, 6.45) is 2.06. The van der Waals surface area contributed by atoms with Gasteiger partial charge in [0.15, 0.2) is 11.0 Å². The second-order valence-corrected chi connectivity index (χ2v) is 9.62. The summed E-state index contributed by atoms with van der Waals surface area (Å²) >= 11 is 1.40. The van der Waals surface area contributed by atoms with E-state index in [4.69, 9.17) is 0 Å². The van der Waals surface area contributed by atoms with Crippen molar-refractivity contribution >= 4 is 17.7 Å². The number of amides is 1. The van der Waals surface area contributed by atoms with Gasteiger partial charge in [0.1, 0.15) is 5.82 Å². The summed E-state index contributed by atoms with van der Waals surface area (Å²) in [6, 6.07) is 17.8. The largest absolute Gasteiger partial charge is 0.339 e. The molecule has 33 heavy (non-hydrogen) atoms. The van der Waals surface area contributed by atoms with Gasteiger partial charge in [-0.1, -0.05) is 54.2 Å². The van der Waals surface area contributed by atoms with E-state index in [1.165, 1.54) is 23.4 Å². The van der Waals surface area contributed by atoms with Crippen molar-refractivity contribution in [3.8, 4) is 11.4 Å². The number of carbonyl (C=O) groups excluding carboxylic acids is 1. The van der Waals surface area contributed by atoms with Crippen molar-refractivity contribution in [2.75, 3.05) is 31.9 Å². The number of thioether (sulfide) groups is 1. The summed E-state index contributed by atoms with van der Waals surface area (Å²) in [6.45, 7) is 5.41. The monoisotopic (exact) mass is 465 g/mol. The first-order valence-corrected chi connectivity index (χ1v) is 12.5. The van der Waals surface area contributed by atoms with Crippen LogP contribution in [-0.4, -0.2) is 62.4 Å². The topological polar surface area (TPSA) is 54.3 Å². The molecule has 0 N–H and O–H groups in total. The number of hydrogen-bond acceptors (Lipinski definition) is 5. The number of carbonyl (C=O) groups is 1. The second kappa shape index (κ2) is 9.65. The molecule has 0 spiro atoms. The molecular weight excluding hydrogens is 437 g/mol. The fourth-order valence-corrected chi connectivity index (χ4v) is 5.29. The molecule has 1 saturated heterocycles. The van der Waals surface area contributed by atoms with E-state index < -0.39 is 0 Å². The van der Waals surface area contributed by atoms with Crippen LogP contribution >= 0.6 is 11.8 Å². The van der Waals surface area contributed by atoms with Gasteiger partial charge in [0, 0.05) is 38.3 Å². The van der Waals surface area contributed by atoms with Gasteiger partial charge in [0.25, 0.3) is 0 Å². The predicted octanol–water partition coefficient (Wildman–Crippen LogP) is 4.42. The van der Waals surface area contributed by atoms with Crippen molar-refractivity contribution in [2.45, 2.75) is 37.0 Å². The number of halogens is 1. The third kappa shape index (κ3) is 4.82. The lowest BCUT2D eigenvalue weighted by molar-refractivity contribution is -0.130. The zero-order chi connectivity index (χ0) is 22.8. The molecule has 5 rings (SSSR count). The molecule has 0 bridgehead atoms. The summed E-state index contributed by atoms with van der Waals surface area (Å²) < 4.78 is 16.4. The van der Waals surface area contributed by atoms with Crippen molar-refractivity contribution in [1.29, 1.82) is 0 Å². The Kier molecular flexibility index (Phi) is 6.46. The predicted molar refractivity (Wildman–Crippen MR) is 127 cm³/mol. The molecular formula is C25H28FN5OS. The molecule has 1 amide bonds. The van der Waals surface area contributed by atoms with Crippen LogP contribution in [0.15, 0.2) is 59.8 Å². The van der Waals surface area contributed by atoms with Crippen LogP contribution < -0.4 is 0 Å². The molecule has 1 saturated carbocycles. The van der Waals surface area contributed by atoms with Crippen LogP contribution in [0.3, 0.4) is 0 Å². The van der Waals surface area contributed by atoms with E-state index in [1.807, 2.05) is 15.5 Å². The van der Waals surface area contributed by atoms with Crippen LogP contribution in [0.2, 0.25) is 0 Å². The molecule has 2 fully saturated rings. The van der Waals surface area contributed by atoms with Gasteiger partial charge >= 0.3 is 0 Å². The summed E-state index contributed by atoms with van der Waals surface area (Å²) in [5, 5.41) is 9.28. The SMILES string of the molecule is CC(c1ccccc1)N1CCN(C(=O)CSc2nnc(-c3ccccc3F)n2C2CC2)CC1. The molecule has 3 aromatic rings. The second-order valence-electron chi connectivity index (χ2n) is 8.68. The van der Waals surface area contributed by atoms with E-state index in [1.54, 1.807) is 18.2 Å². The number of benzene rings is 2. The lowest BCUT2D eigenvalue weighted by Crippen LogP contribution is -2.49. The Morgan fingerprint density at radius 1 is 1.03 bits per heavy atom. The van der Waals surface area contributed by atoms with Gasteiger partial charge in [-0.15, -0.1) is 10.2 Å². The standard InChI is InChI=1S/C25H28FN5OS/c1-18(19-7-3-2-4-8-19)29-13-15-30(16-14-29)23(32)17-33-25-28-27-24(31(25)20-11-12-20)21-9-5-6-10-22(21)26/h2-10,18,20H,11-17H2,1H3. The lowest BCUT2D eigenvalue weighted by Gasteiger charge is -2.38. The average molecular weight is 466 g/mol. The summed E-state index contributed by atoms with van der Waals surface area (Å²) in [4.78, 5) is 17.3. The number of nitrogens with zero attached hydrogens (tertiary/aromatic N) is 5. The first-order valence-electron chi connectivity index (χ1n) is 11.5. The van der Waals surface area contributed by atoms with Crippen molar-refractivity contribution < 1.29 is 9.18 Å². The summed E-state index contributed by atoms with van der Waals surface area (Å²) in [7, 11) is 0. The Morgan fingerprint density at radius 2 is 1.73 bits per heavy atom. The maximum atomic E-state index is 14.3. The number of piperazine rings is 1. The Hall–Kier alpha value is -2.71. The maximum Gasteiger partial charge on any atom is 0.233 e. The Bertz CT molecular complexity index is 1110. The highest BCUT2D eigenvalue weighted by molar-refractivity contribution is 7.99. The van der Waals surface area contributed by atoms with Gasteiger partial charge in [-0.05, 0) is 37.5 Å². The minimum Gasteiger partial charge on any atom is -0.339 e.